The van der Waals surface area contributed by atoms with Crippen LogP contribution in [0.5, 0.6) is 0 Å². The van der Waals surface area contributed by atoms with E-state index in [9.17, 15) is 4.79 Å². The molecular weight excluding hydrogens is 182 g/mol. The number of nitrogens with zero attached hydrogens (tertiary/aromatic N) is 1. The Bertz CT molecular complexity index is 227. The zero-order valence-corrected chi connectivity index (χ0v) is 8.48. The summed E-state index contributed by atoms with van der Waals surface area (Å²) in [6, 6.07) is 0.721. The number of hydrogen-bond donors (Lipinski definition) is 1. The highest BCUT2D eigenvalue weighted by Gasteiger charge is 2.42. The lowest BCUT2D eigenvalue weighted by Crippen LogP contribution is -2.44. The van der Waals surface area contributed by atoms with Gasteiger partial charge >= 0.3 is 5.97 Å². The van der Waals surface area contributed by atoms with Crippen molar-refractivity contribution in [3.05, 3.63) is 0 Å². The molecule has 2 unspecified atom stereocenters. The first-order valence-electron chi connectivity index (χ1n) is 5.30. The van der Waals surface area contributed by atoms with Gasteiger partial charge in [-0.15, -0.1) is 0 Å². The van der Waals surface area contributed by atoms with Crippen molar-refractivity contribution in [1.29, 1.82) is 0 Å². The van der Waals surface area contributed by atoms with Crippen molar-refractivity contribution in [3.8, 4) is 0 Å². The fourth-order valence-electron chi connectivity index (χ4n) is 2.28. The van der Waals surface area contributed by atoms with Gasteiger partial charge in [-0.05, 0) is 19.4 Å². The summed E-state index contributed by atoms with van der Waals surface area (Å²) in [5.74, 6) is -1.04. The molecule has 1 aliphatic carbocycles. The Kier molecular flexibility index (Phi) is 2.74. The summed E-state index contributed by atoms with van der Waals surface area (Å²) in [7, 11) is 0. The third-order valence-electron chi connectivity index (χ3n) is 3.17. The zero-order chi connectivity index (χ0) is 10.1. The SMILES string of the molecule is CCN(C1CC1)C1COCC1C(=O)O. The van der Waals surface area contributed by atoms with Crippen LogP contribution in [0.3, 0.4) is 0 Å². The Morgan fingerprint density at radius 1 is 1.50 bits per heavy atom. The molecule has 1 saturated carbocycles. The number of carbonyl (C=O) groups is 1. The average Bonchev–Trinajstić information content (AvgIpc) is 2.84. The molecule has 1 saturated heterocycles. The van der Waals surface area contributed by atoms with Crippen LogP contribution in [-0.4, -0.2) is 47.8 Å². The highest BCUT2D eigenvalue weighted by Crippen LogP contribution is 2.32. The van der Waals surface area contributed by atoms with Gasteiger partial charge in [-0.1, -0.05) is 6.92 Å². The largest absolute Gasteiger partial charge is 0.481 e. The second kappa shape index (κ2) is 3.87. The number of ether oxygens (including phenoxy) is 1. The Morgan fingerprint density at radius 3 is 2.71 bits per heavy atom. The minimum atomic E-state index is -0.716. The van der Waals surface area contributed by atoms with Crippen molar-refractivity contribution < 1.29 is 14.6 Å². The molecule has 0 radical (unpaired) electrons. The molecule has 2 rings (SSSR count). The first-order chi connectivity index (χ1) is 6.74. The van der Waals surface area contributed by atoms with E-state index in [1.54, 1.807) is 0 Å². The number of aliphatic carboxylic acids is 1. The van der Waals surface area contributed by atoms with E-state index in [1.165, 1.54) is 12.8 Å². The highest BCUT2D eigenvalue weighted by atomic mass is 16.5. The van der Waals surface area contributed by atoms with E-state index in [0.717, 1.165) is 6.54 Å². The number of hydrogen-bond acceptors (Lipinski definition) is 3. The highest BCUT2D eigenvalue weighted by molar-refractivity contribution is 5.71. The van der Waals surface area contributed by atoms with Crippen LogP contribution in [-0.2, 0) is 9.53 Å². The minimum Gasteiger partial charge on any atom is -0.481 e. The third-order valence-corrected chi connectivity index (χ3v) is 3.17. The summed E-state index contributed by atoms with van der Waals surface area (Å²) in [4.78, 5) is 13.3. The lowest BCUT2D eigenvalue weighted by molar-refractivity contribution is -0.143. The van der Waals surface area contributed by atoms with Gasteiger partial charge in [0.25, 0.3) is 0 Å². The molecule has 0 aromatic heterocycles. The van der Waals surface area contributed by atoms with Crippen molar-refractivity contribution in [2.75, 3.05) is 19.8 Å². The van der Waals surface area contributed by atoms with Crippen LogP contribution in [0.2, 0.25) is 0 Å². The molecule has 4 nitrogen and oxygen atoms in total. The van der Waals surface area contributed by atoms with E-state index in [-0.39, 0.29) is 12.0 Å². The topological polar surface area (TPSA) is 49.8 Å². The second-order valence-electron chi connectivity index (χ2n) is 4.11. The molecule has 80 valence electrons. The van der Waals surface area contributed by atoms with Crippen LogP contribution < -0.4 is 0 Å². The van der Waals surface area contributed by atoms with Gasteiger partial charge in [-0.25, -0.2) is 0 Å². The molecule has 0 spiro atoms. The molecular formula is C10H17NO3. The van der Waals surface area contributed by atoms with Gasteiger partial charge in [0.2, 0.25) is 0 Å². The van der Waals surface area contributed by atoms with Gasteiger partial charge in [0, 0.05) is 12.1 Å². The fourth-order valence-corrected chi connectivity index (χ4v) is 2.28. The van der Waals surface area contributed by atoms with Crippen LogP contribution >= 0.6 is 0 Å². The van der Waals surface area contributed by atoms with Crippen LogP contribution in [0.25, 0.3) is 0 Å². The molecule has 0 aromatic rings. The van der Waals surface area contributed by atoms with Gasteiger partial charge in [-0.3, -0.25) is 9.69 Å². The van der Waals surface area contributed by atoms with Gasteiger partial charge in [0.1, 0.15) is 0 Å². The quantitative estimate of drug-likeness (QED) is 0.719. The van der Waals surface area contributed by atoms with Gasteiger partial charge in [0.05, 0.1) is 19.1 Å². The first-order valence-corrected chi connectivity index (χ1v) is 5.30. The summed E-state index contributed by atoms with van der Waals surface area (Å²) >= 11 is 0. The minimum absolute atomic E-state index is 0.102. The van der Waals surface area contributed by atoms with Crippen LogP contribution in [0.1, 0.15) is 19.8 Å². The van der Waals surface area contributed by atoms with E-state index in [0.29, 0.717) is 19.3 Å². The monoisotopic (exact) mass is 199 g/mol. The number of carboxylic acid groups (broad SMARTS) is 1. The van der Waals surface area contributed by atoms with Crippen LogP contribution in [0, 0.1) is 5.92 Å². The van der Waals surface area contributed by atoms with Crippen LogP contribution in [0.15, 0.2) is 0 Å². The van der Waals surface area contributed by atoms with E-state index >= 15 is 0 Å². The zero-order valence-electron chi connectivity index (χ0n) is 8.48. The second-order valence-corrected chi connectivity index (χ2v) is 4.11. The molecule has 0 amide bonds. The molecule has 0 bridgehead atoms. The van der Waals surface area contributed by atoms with Crippen molar-refractivity contribution in [2.24, 2.45) is 5.92 Å². The molecule has 0 aromatic carbocycles. The average molecular weight is 199 g/mol. The predicted molar refractivity (Wildman–Crippen MR) is 51.1 cm³/mol. The summed E-state index contributed by atoms with van der Waals surface area (Å²) in [6.45, 7) is 3.99. The summed E-state index contributed by atoms with van der Waals surface area (Å²) in [6.07, 6.45) is 2.44. The fraction of sp³-hybridized carbons (Fsp3) is 0.900. The van der Waals surface area contributed by atoms with E-state index in [4.69, 9.17) is 9.84 Å². The summed E-state index contributed by atoms with van der Waals surface area (Å²) < 4.78 is 5.27. The molecule has 1 heterocycles. The Hall–Kier alpha value is -0.610. The lowest BCUT2D eigenvalue weighted by Gasteiger charge is -2.28. The van der Waals surface area contributed by atoms with Crippen molar-refractivity contribution in [1.82, 2.24) is 4.90 Å². The van der Waals surface area contributed by atoms with Gasteiger partial charge in [-0.2, -0.15) is 0 Å². The first kappa shape index (κ1) is 9.93. The molecule has 4 heteroatoms. The van der Waals surface area contributed by atoms with E-state index < -0.39 is 5.97 Å². The van der Waals surface area contributed by atoms with Crippen LogP contribution in [0.4, 0.5) is 0 Å². The van der Waals surface area contributed by atoms with Crippen molar-refractivity contribution >= 4 is 5.97 Å². The maximum Gasteiger partial charge on any atom is 0.310 e. The molecule has 2 aliphatic rings. The standard InChI is InChI=1S/C10H17NO3/c1-2-11(7-3-4-7)9-6-14-5-8(9)10(12)13/h7-9H,2-6H2,1H3,(H,12,13). The Labute approximate surface area is 83.8 Å². The molecule has 2 atom stereocenters. The Morgan fingerprint density at radius 2 is 2.21 bits per heavy atom. The summed E-state index contributed by atoms with van der Waals surface area (Å²) in [5, 5.41) is 9.02. The number of carboxylic acids is 1. The molecule has 1 N–H and O–H groups in total. The third kappa shape index (κ3) is 1.77. The Balaban J connectivity index is 2.02. The molecule has 14 heavy (non-hydrogen) atoms. The number of likely N-dealkylation sites (N-methyl/N-ethyl adjacent to an activating group) is 1. The van der Waals surface area contributed by atoms with E-state index in [1.807, 2.05) is 0 Å². The smallest absolute Gasteiger partial charge is 0.310 e. The van der Waals surface area contributed by atoms with Crippen molar-refractivity contribution in [3.63, 3.8) is 0 Å². The maximum atomic E-state index is 11.0. The lowest BCUT2D eigenvalue weighted by atomic mass is 10.0. The predicted octanol–water partition coefficient (Wildman–Crippen LogP) is 0.570. The molecule has 1 aliphatic heterocycles. The summed E-state index contributed by atoms with van der Waals surface area (Å²) in [5.41, 5.74) is 0. The molecule has 2 fully saturated rings. The van der Waals surface area contributed by atoms with E-state index in [2.05, 4.69) is 11.8 Å². The number of rotatable bonds is 4. The van der Waals surface area contributed by atoms with Crippen molar-refractivity contribution in [2.45, 2.75) is 31.8 Å². The van der Waals surface area contributed by atoms with Gasteiger partial charge < -0.3 is 9.84 Å². The van der Waals surface area contributed by atoms with Gasteiger partial charge in [0.15, 0.2) is 0 Å². The normalized spacial score (nSPS) is 32.4. The maximum absolute atomic E-state index is 11.0.